The number of alkyl halides is 6. The van der Waals surface area contributed by atoms with E-state index in [-0.39, 0.29) is 5.33 Å². The van der Waals surface area contributed by atoms with Gasteiger partial charge in [0.2, 0.25) is 0 Å². The highest BCUT2D eigenvalue weighted by atomic mass is 79.9. The van der Waals surface area contributed by atoms with Crippen LogP contribution in [0.2, 0.25) is 0 Å². The van der Waals surface area contributed by atoms with Crippen LogP contribution >= 0.6 is 26.6 Å². The average Bonchev–Trinajstić information content (AvgIpc) is 2.24. The zero-order valence-corrected chi connectivity index (χ0v) is 12.2. The normalized spacial score (nSPS) is 12.8. The third kappa shape index (κ3) is 4.16. The molecule has 0 saturated carbocycles. The minimum absolute atomic E-state index is 0.360. The minimum atomic E-state index is -5.29. The Morgan fingerprint density at radius 2 is 1.95 bits per heavy atom. The summed E-state index contributed by atoms with van der Waals surface area (Å²) in [4.78, 5) is 2.08. The number of halogens is 7. The average molecular weight is 405 g/mol. The Kier molecular flexibility index (Phi) is 5.19. The first-order valence-corrected chi connectivity index (χ1v) is 7.96. The van der Waals surface area contributed by atoms with Crippen molar-refractivity contribution in [1.82, 2.24) is 4.98 Å². The highest BCUT2D eigenvalue weighted by Gasteiger charge is 2.37. The van der Waals surface area contributed by atoms with Crippen LogP contribution in [0.1, 0.15) is 17.7 Å². The summed E-state index contributed by atoms with van der Waals surface area (Å²) >= 11 is 2.74. The standard InChI is InChI=1S/C8H4BrClF5NO3S/c9-1-3-6(19-8(13,14)15)5(7(11)12)4(2-16-3)20(10,17)18/h2,7H,1H2. The first-order chi connectivity index (χ1) is 8.97. The molecule has 12 heteroatoms. The molecule has 0 bridgehead atoms. The Balaban J connectivity index is 3.67. The van der Waals surface area contributed by atoms with Gasteiger partial charge in [0.25, 0.3) is 15.5 Å². The minimum Gasteiger partial charge on any atom is -0.403 e. The summed E-state index contributed by atoms with van der Waals surface area (Å²) in [5, 5.41) is -0.360. The molecule has 4 nitrogen and oxygen atoms in total. The molecule has 20 heavy (non-hydrogen) atoms. The van der Waals surface area contributed by atoms with Gasteiger partial charge in [-0.3, -0.25) is 4.98 Å². The number of pyridine rings is 1. The largest absolute Gasteiger partial charge is 0.573 e. The van der Waals surface area contributed by atoms with Gasteiger partial charge >= 0.3 is 6.36 Å². The van der Waals surface area contributed by atoms with E-state index in [1.165, 1.54) is 0 Å². The van der Waals surface area contributed by atoms with E-state index in [0.717, 1.165) is 0 Å². The third-order valence-electron chi connectivity index (χ3n) is 1.94. The molecule has 1 rings (SSSR count). The van der Waals surface area contributed by atoms with Crippen molar-refractivity contribution in [2.45, 2.75) is 23.0 Å². The second-order valence-electron chi connectivity index (χ2n) is 3.23. The van der Waals surface area contributed by atoms with Crippen LogP contribution in [0.15, 0.2) is 11.1 Å². The second kappa shape index (κ2) is 5.98. The molecule has 114 valence electrons. The zero-order chi connectivity index (χ0) is 15.7. The van der Waals surface area contributed by atoms with Crippen LogP contribution in [-0.2, 0) is 14.4 Å². The SMILES string of the molecule is O=S(=O)(Cl)c1cnc(CBr)c(OC(F)(F)F)c1C(F)F. The van der Waals surface area contributed by atoms with E-state index in [9.17, 15) is 30.4 Å². The highest BCUT2D eigenvalue weighted by molar-refractivity contribution is 9.08. The molecule has 0 radical (unpaired) electrons. The molecule has 0 atom stereocenters. The molecule has 0 N–H and O–H groups in total. The van der Waals surface area contributed by atoms with E-state index in [1.54, 1.807) is 0 Å². The van der Waals surface area contributed by atoms with Crippen LogP contribution in [0, 0.1) is 0 Å². The molecule has 0 aliphatic heterocycles. The maximum Gasteiger partial charge on any atom is 0.573 e. The van der Waals surface area contributed by atoms with E-state index >= 15 is 0 Å². The second-order valence-corrected chi connectivity index (χ2v) is 6.33. The molecule has 0 unspecified atom stereocenters. The molecule has 1 aromatic rings. The molecule has 0 spiro atoms. The van der Waals surface area contributed by atoms with Crippen LogP contribution < -0.4 is 4.74 Å². The summed E-state index contributed by atoms with van der Waals surface area (Å²) in [6, 6.07) is 0. The Hall–Kier alpha value is -0.680. The van der Waals surface area contributed by atoms with Gasteiger partial charge in [0.05, 0.1) is 11.3 Å². The zero-order valence-electron chi connectivity index (χ0n) is 9.09. The number of ether oxygens (including phenoxy) is 1. The molecule has 1 heterocycles. The van der Waals surface area contributed by atoms with Gasteiger partial charge in [-0.05, 0) is 0 Å². The van der Waals surface area contributed by atoms with Crippen LogP contribution in [0.3, 0.4) is 0 Å². The number of nitrogens with zero attached hydrogens (tertiary/aromatic N) is 1. The summed E-state index contributed by atoms with van der Waals surface area (Å²) < 4.78 is 88.2. The molecule has 0 amide bonds. The summed E-state index contributed by atoms with van der Waals surface area (Å²) in [6.07, 6.45) is -8.41. The molecule has 0 saturated heterocycles. The fourth-order valence-electron chi connectivity index (χ4n) is 1.26. The van der Waals surface area contributed by atoms with Crippen molar-refractivity contribution < 1.29 is 35.1 Å². The summed E-state index contributed by atoms with van der Waals surface area (Å²) in [5.41, 5.74) is -2.02. The number of hydrogen-bond donors (Lipinski definition) is 0. The smallest absolute Gasteiger partial charge is 0.403 e. The number of aromatic nitrogens is 1. The molecular formula is C8H4BrClF5NO3S. The highest BCUT2D eigenvalue weighted by Crippen LogP contribution is 2.40. The third-order valence-corrected chi connectivity index (χ3v) is 3.82. The fraction of sp³-hybridized carbons (Fsp3) is 0.375. The molecule has 0 fully saturated rings. The van der Waals surface area contributed by atoms with Gasteiger partial charge in [-0.2, -0.15) is 0 Å². The van der Waals surface area contributed by atoms with Gasteiger partial charge in [-0.1, -0.05) is 15.9 Å². The van der Waals surface area contributed by atoms with Crippen molar-refractivity contribution >= 4 is 35.7 Å². The van der Waals surface area contributed by atoms with Crippen LogP contribution in [0.4, 0.5) is 22.0 Å². The molecule has 0 aromatic carbocycles. The lowest BCUT2D eigenvalue weighted by Crippen LogP contribution is -2.20. The lowest BCUT2D eigenvalue weighted by atomic mass is 10.2. The lowest BCUT2D eigenvalue weighted by molar-refractivity contribution is -0.275. The van der Waals surface area contributed by atoms with Gasteiger partial charge in [-0.15, -0.1) is 13.2 Å². The first-order valence-electron chi connectivity index (χ1n) is 4.53. The predicted molar refractivity (Wildman–Crippen MR) is 61.5 cm³/mol. The van der Waals surface area contributed by atoms with Crippen molar-refractivity contribution in [3.8, 4) is 5.75 Å². The molecule has 1 aromatic heterocycles. The number of rotatable bonds is 4. The first kappa shape index (κ1) is 17.4. The topological polar surface area (TPSA) is 56.3 Å². The van der Waals surface area contributed by atoms with Crippen LogP contribution in [0.5, 0.6) is 5.75 Å². The van der Waals surface area contributed by atoms with Crippen molar-refractivity contribution in [3.05, 3.63) is 17.5 Å². The maximum atomic E-state index is 12.9. The van der Waals surface area contributed by atoms with Gasteiger partial charge in [0.15, 0.2) is 5.75 Å². The Labute approximate surface area is 122 Å². The Morgan fingerprint density at radius 3 is 2.30 bits per heavy atom. The van der Waals surface area contributed by atoms with E-state index in [1.807, 2.05) is 0 Å². The van der Waals surface area contributed by atoms with Gasteiger partial charge in [-0.25, -0.2) is 17.2 Å². The van der Waals surface area contributed by atoms with Crippen LogP contribution in [-0.4, -0.2) is 19.8 Å². The Morgan fingerprint density at radius 1 is 1.40 bits per heavy atom. The predicted octanol–water partition coefficient (Wildman–Crippen LogP) is 3.74. The van der Waals surface area contributed by atoms with Crippen molar-refractivity contribution in [3.63, 3.8) is 0 Å². The summed E-state index contributed by atoms with van der Waals surface area (Å²) in [7, 11) is 0.182. The van der Waals surface area contributed by atoms with E-state index in [2.05, 4.69) is 25.7 Å². The monoisotopic (exact) mass is 403 g/mol. The quantitative estimate of drug-likeness (QED) is 0.436. The summed E-state index contributed by atoms with van der Waals surface area (Å²) in [5.74, 6) is -1.38. The van der Waals surface area contributed by atoms with Crippen molar-refractivity contribution in [2.75, 3.05) is 0 Å². The van der Waals surface area contributed by atoms with Gasteiger partial charge in [0, 0.05) is 22.2 Å². The maximum absolute atomic E-state index is 12.9. The van der Waals surface area contributed by atoms with E-state index < -0.39 is 43.7 Å². The lowest BCUT2D eigenvalue weighted by Gasteiger charge is -2.17. The molecule has 0 aliphatic rings. The van der Waals surface area contributed by atoms with E-state index in [0.29, 0.717) is 6.20 Å². The Bertz CT molecular complexity index is 607. The summed E-state index contributed by atoms with van der Waals surface area (Å²) in [6.45, 7) is 0. The van der Waals surface area contributed by atoms with Crippen molar-refractivity contribution in [2.24, 2.45) is 0 Å². The van der Waals surface area contributed by atoms with Gasteiger partial charge < -0.3 is 4.74 Å². The molecule has 0 aliphatic carbocycles. The van der Waals surface area contributed by atoms with Crippen molar-refractivity contribution in [1.29, 1.82) is 0 Å². The molecular weight excluding hydrogens is 401 g/mol. The fourth-order valence-corrected chi connectivity index (χ4v) is 2.65. The van der Waals surface area contributed by atoms with Crippen LogP contribution in [0.25, 0.3) is 0 Å². The van der Waals surface area contributed by atoms with E-state index in [4.69, 9.17) is 10.7 Å². The number of hydrogen-bond acceptors (Lipinski definition) is 4. The van der Waals surface area contributed by atoms with Gasteiger partial charge in [0.1, 0.15) is 4.90 Å².